The minimum Gasteiger partial charge on any atom is -0.494 e. The summed E-state index contributed by atoms with van der Waals surface area (Å²) in [6.45, 7) is 5.19. The van der Waals surface area contributed by atoms with Crippen molar-refractivity contribution in [3.8, 4) is 5.75 Å². The van der Waals surface area contributed by atoms with Crippen LogP contribution in [0.5, 0.6) is 5.75 Å². The summed E-state index contributed by atoms with van der Waals surface area (Å²) in [5, 5.41) is 0. The molecule has 0 spiro atoms. The molecule has 0 unspecified atom stereocenters. The molecule has 0 aliphatic carbocycles. The highest BCUT2D eigenvalue weighted by molar-refractivity contribution is 7.89. The van der Waals surface area contributed by atoms with Crippen LogP contribution in [-0.2, 0) is 29.5 Å². The van der Waals surface area contributed by atoms with Gasteiger partial charge in [-0.3, -0.25) is 4.90 Å². The minimum absolute atomic E-state index is 0.344. The Morgan fingerprint density at radius 3 is 2.65 bits per heavy atom. The number of hydrogen-bond donors (Lipinski definition) is 0. The number of nitrogens with zero attached hydrogens (tertiary/aromatic N) is 2. The highest BCUT2D eigenvalue weighted by Crippen LogP contribution is 2.25. The second kappa shape index (κ2) is 7.78. The molecule has 0 N–H and O–H groups in total. The molecule has 0 bridgehead atoms. The van der Waals surface area contributed by atoms with Crippen LogP contribution in [0.1, 0.15) is 23.6 Å². The summed E-state index contributed by atoms with van der Waals surface area (Å²) in [6.07, 6.45) is 0.997. The Morgan fingerprint density at radius 1 is 1.12 bits per heavy atom. The van der Waals surface area contributed by atoms with Gasteiger partial charge in [0.15, 0.2) is 0 Å². The van der Waals surface area contributed by atoms with Crippen molar-refractivity contribution in [2.24, 2.45) is 0 Å². The van der Waals surface area contributed by atoms with Gasteiger partial charge >= 0.3 is 0 Å². The Labute approximate surface area is 156 Å². The lowest BCUT2D eigenvalue weighted by Crippen LogP contribution is -2.30. The molecule has 0 saturated carbocycles. The first-order chi connectivity index (χ1) is 12.4. The summed E-state index contributed by atoms with van der Waals surface area (Å²) < 4.78 is 31.5. The molecule has 0 aromatic heterocycles. The lowest BCUT2D eigenvalue weighted by molar-refractivity contribution is 0.244. The van der Waals surface area contributed by atoms with Crippen LogP contribution in [0.2, 0.25) is 0 Å². The Bertz CT molecular complexity index is 878. The molecular weight excluding hydrogens is 348 g/mol. The molecule has 140 valence electrons. The van der Waals surface area contributed by atoms with Gasteiger partial charge in [-0.1, -0.05) is 18.2 Å². The van der Waals surface area contributed by atoms with E-state index in [0.717, 1.165) is 37.4 Å². The lowest BCUT2D eigenvalue weighted by Gasteiger charge is -2.29. The predicted octanol–water partition coefficient (Wildman–Crippen LogP) is 2.89. The van der Waals surface area contributed by atoms with Crippen molar-refractivity contribution >= 4 is 10.0 Å². The molecule has 6 heteroatoms. The Hall–Kier alpha value is -1.89. The fourth-order valence-corrected chi connectivity index (χ4v) is 4.23. The molecule has 3 rings (SSSR count). The first kappa shape index (κ1) is 18.9. The van der Waals surface area contributed by atoms with Crippen LogP contribution < -0.4 is 4.74 Å². The largest absolute Gasteiger partial charge is 0.494 e. The molecular formula is C20H26N2O3S. The molecule has 0 saturated heterocycles. The zero-order valence-electron chi connectivity index (χ0n) is 15.6. The van der Waals surface area contributed by atoms with E-state index < -0.39 is 10.0 Å². The van der Waals surface area contributed by atoms with Crippen molar-refractivity contribution < 1.29 is 13.2 Å². The van der Waals surface area contributed by atoms with E-state index in [2.05, 4.69) is 17.0 Å². The van der Waals surface area contributed by atoms with E-state index in [1.54, 1.807) is 26.2 Å². The highest BCUT2D eigenvalue weighted by atomic mass is 32.2. The first-order valence-electron chi connectivity index (χ1n) is 8.88. The maximum absolute atomic E-state index is 12.3. The Balaban J connectivity index is 1.76. The standard InChI is InChI=1S/C20H26N2O3S/c1-4-25-19-9-8-17-10-11-22(15-18(17)13-19)14-16-6-5-7-20(12-16)26(23,24)21(2)3/h5-9,12-13H,4,10-11,14-15H2,1-3H3. The average molecular weight is 375 g/mol. The molecule has 0 fully saturated rings. The van der Waals surface area contributed by atoms with E-state index in [4.69, 9.17) is 4.74 Å². The van der Waals surface area contributed by atoms with Crippen molar-refractivity contribution in [1.29, 1.82) is 0 Å². The third-order valence-electron chi connectivity index (χ3n) is 4.66. The van der Waals surface area contributed by atoms with Gasteiger partial charge in [0.05, 0.1) is 11.5 Å². The molecule has 2 aromatic rings. The van der Waals surface area contributed by atoms with E-state index >= 15 is 0 Å². The summed E-state index contributed by atoms with van der Waals surface area (Å²) in [7, 11) is -0.292. The topological polar surface area (TPSA) is 49.9 Å². The van der Waals surface area contributed by atoms with Crippen LogP contribution in [-0.4, -0.2) is 44.9 Å². The highest BCUT2D eigenvalue weighted by Gasteiger charge is 2.20. The smallest absolute Gasteiger partial charge is 0.242 e. The van der Waals surface area contributed by atoms with E-state index in [0.29, 0.717) is 11.5 Å². The van der Waals surface area contributed by atoms with E-state index in [1.807, 2.05) is 25.1 Å². The summed E-state index contributed by atoms with van der Waals surface area (Å²) in [5.41, 5.74) is 3.67. The van der Waals surface area contributed by atoms with Crippen molar-refractivity contribution in [1.82, 2.24) is 9.21 Å². The van der Waals surface area contributed by atoms with Crippen LogP contribution in [0.15, 0.2) is 47.4 Å². The monoisotopic (exact) mass is 374 g/mol. The summed E-state index contributed by atoms with van der Waals surface area (Å²) >= 11 is 0. The van der Waals surface area contributed by atoms with Gasteiger partial charge < -0.3 is 4.74 Å². The summed E-state index contributed by atoms with van der Waals surface area (Å²) in [4.78, 5) is 2.69. The van der Waals surface area contributed by atoms with E-state index in [-0.39, 0.29) is 0 Å². The Morgan fingerprint density at radius 2 is 1.92 bits per heavy atom. The van der Waals surface area contributed by atoms with Crippen molar-refractivity contribution in [2.75, 3.05) is 27.2 Å². The first-order valence-corrected chi connectivity index (χ1v) is 10.3. The number of benzene rings is 2. The van der Waals surface area contributed by atoms with Crippen molar-refractivity contribution in [3.63, 3.8) is 0 Å². The lowest BCUT2D eigenvalue weighted by atomic mass is 9.99. The van der Waals surface area contributed by atoms with Gasteiger partial charge in [0, 0.05) is 33.7 Å². The van der Waals surface area contributed by atoms with Gasteiger partial charge in [-0.25, -0.2) is 12.7 Å². The van der Waals surface area contributed by atoms with Crippen LogP contribution in [0.3, 0.4) is 0 Å². The van der Waals surface area contributed by atoms with Gasteiger partial charge in [-0.05, 0) is 54.3 Å². The molecule has 1 heterocycles. The van der Waals surface area contributed by atoms with Gasteiger partial charge in [0.25, 0.3) is 0 Å². The molecule has 2 aromatic carbocycles. The van der Waals surface area contributed by atoms with Gasteiger partial charge in [0.2, 0.25) is 10.0 Å². The molecule has 0 amide bonds. The van der Waals surface area contributed by atoms with Crippen molar-refractivity contribution in [3.05, 3.63) is 59.2 Å². The normalized spacial score (nSPS) is 15.1. The Kier molecular flexibility index (Phi) is 5.65. The number of fused-ring (bicyclic) bond motifs is 1. The minimum atomic E-state index is -3.40. The van der Waals surface area contributed by atoms with Crippen LogP contribution >= 0.6 is 0 Å². The zero-order chi connectivity index (χ0) is 18.7. The number of rotatable bonds is 6. The fraction of sp³-hybridized carbons (Fsp3) is 0.400. The number of ether oxygens (including phenoxy) is 1. The number of sulfonamides is 1. The number of hydrogen-bond acceptors (Lipinski definition) is 4. The van der Waals surface area contributed by atoms with Gasteiger partial charge in [-0.2, -0.15) is 0 Å². The molecule has 1 aliphatic rings. The zero-order valence-corrected chi connectivity index (χ0v) is 16.4. The molecule has 0 atom stereocenters. The second-order valence-electron chi connectivity index (χ2n) is 6.76. The summed E-state index contributed by atoms with van der Waals surface area (Å²) in [5.74, 6) is 0.909. The molecule has 26 heavy (non-hydrogen) atoms. The van der Waals surface area contributed by atoms with Crippen LogP contribution in [0.25, 0.3) is 0 Å². The van der Waals surface area contributed by atoms with Crippen molar-refractivity contribution in [2.45, 2.75) is 31.3 Å². The van der Waals surface area contributed by atoms with Crippen LogP contribution in [0.4, 0.5) is 0 Å². The maximum atomic E-state index is 12.3. The molecule has 1 aliphatic heterocycles. The quantitative estimate of drug-likeness (QED) is 0.780. The third kappa shape index (κ3) is 4.09. The second-order valence-corrected chi connectivity index (χ2v) is 8.91. The fourth-order valence-electron chi connectivity index (χ4n) is 3.26. The van der Waals surface area contributed by atoms with E-state index in [9.17, 15) is 8.42 Å². The molecule has 5 nitrogen and oxygen atoms in total. The van der Waals surface area contributed by atoms with Gasteiger partial charge in [-0.15, -0.1) is 0 Å². The summed E-state index contributed by atoms with van der Waals surface area (Å²) in [6, 6.07) is 13.5. The van der Waals surface area contributed by atoms with Gasteiger partial charge in [0.1, 0.15) is 5.75 Å². The predicted molar refractivity (Wildman–Crippen MR) is 103 cm³/mol. The average Bonchev–Trinajstić information content (AvgIpc) is 2.62. The molecule has 0 radical (unpaired) electrons. The third-order valence-corrected chi connectivity index (χ3v) is 6.47. The van der Waals surface area contributed by atoms with Crippen LogP contribution in [0, 0.1) is 0 Å². The van der Waals surface area contributed by atoms with E-state index in [1.165, 1.54) is 15.4 Å². The maximum Gasteiger partial charge on any atom is 0.242 e. The SMILES string of the molecule is CCOc1ccc2c(c1)CN(Cc1cccc(S(=O)(=O)N(C)C)c1)CC2.